The summed E-state index contributed by atoms with van der Waals surface area (Å²) < 4.78 is 2.26. The second-order valence-corrected chi connectivity index (χ2v) is 4.57. The number of hydrogen-bond acceptors (Lipinski definition) is 2. The van der Waals surface area contributed by atoms with Crippen molar-refractivity contribution in [3.63, 3.8) is 0 Å². The van der Waals surface area contributed by atoms with Crippen LogP contribution in [-0.4, -0.2) is 22.6 Å². The molecule has 0 spiro atoms. The van der Waals surface area contributed by atoms with Gasteiger partial charge in [-0.1, -0.05) is 0 Å². The van der Waals surface area contributed by atoms with E-state index in [1.54, 1.807) is 0 Å². The zero-order valence-corrected chi connectivity index (χ0v) is 12.1. The largest absolute Gasteiger partial charge is 0.332 e. The summed E-state index contributed by atoms with van der Waals surface area (Å²) in [7, 11) is 2.13. The summed E-state index contributed by atoms with van der Waals surface area (Å²) in [5.74, 6) is 0.695. The third kappa shape index (κ3) is 2.63. The smallest absolute Gasteiger partial charge is 0.139 e. The summed E-state index contributed by atoms with van der Waals surface area (Å²) in [5.41, 5.74) is 2.55. The molecule has 0 radical (unpaired) electrons. The standard InChI is InChI=1S/C13H17N3.2ClH/c1-16-12(10-4-7-14-8-5-10)9-11-3-2-6-15-13(11)16;;/h2-3,6,9-10,14H,4-5,7-8H2,1H3;2*1H. The number of rotatable bonds is 1. The predicted molar refractivity (Wildman–Crippen MR) is 80.1 cm³/mol. The maximum absolute atomic E-state index is 4.44. The molecule has 5 heteroatoms. The molecule has 0 atom stereocenters. The molecule has 3 heterocycles. The third-order valence-corrected chi connectivity index (χ3v) is 3.58. The van der Waals surface area contributed by atoms with E-state index < -0.39 is 0 Å². The van der Waals surface area contributed by atoms with E-state index >= 15 is 0 Å². The first-order valence-corrected chi connectivity index (χ1v) is 5.97. The fourth-order valence-electron chi connectivity index (χ4n) is 2.69. The fraction of sp³-hybridized carbons (Fsp3) is 0.462. The van der Waals surface area contributed by atoms with Crippen molar-refractivity contribution < 1.29 is 0 Å². The normalized spacial score (nSPS) is 16.1. The van der Waals surface area contributed by atoms with Gasteiger partial charge in [0.05, 0.1) is 0 Å². The molecule has 0 unspecified atom stereocenters. The van der Waals surface area contributed by atoms with E-state index in [0.29, 0.717) is 5.92 Å². The molecule has 100 valence electrons. The number of aromatic nitrogens is 2. The van der Waals surface area contributed by atoms with Crippen molar-refractivity contribution in [3.8, 4) is 0 Å². The molecule has 1 saturated heterocycles. The number of halogens is 2. The van der Waals surface area contributed by atoms with Crippen LogP contribution in [-0.2, 0) is 7.05 Å². The Morgan fingerprint density at radius 3 is 2.67 bits per heavy atom. The Morgan fingerprint density at radius 2 is 2.00 bits per heavy atom. The number of aryl methyl sites for hydroxylation is 1. The second kappa shape index (κ2) is 6.41. The Bertz CT molecular complexity index is 504. The van der Waals surface area contributed by atoms with Gasteiger partial charge in [-0.05, 0) is 44.1 Å². The zero-order chi connectivity index (χ0) is 11.0. The third-order valence-electron chi connectivity index (χ3n) is 3.58. The molecule has 1 aliphatic heterocycles. The molecule has 3 nitrogen and oxygen atoms in total. The minimum absolute atomic E-state index is 0. The molecular weight excluding hydrogens is 269 g/mol. The van der Waals surface area contributed by atoms with E-state index in [4.69, 9.17) is 0 Å². The van der Waals surface area contributed by atoms with E-state index in [-0.39, 0.29) is 24.8 Å². The summed E-state index contributed by atoms with van der Waals surface area (Å²) in [5, 5.41) is 4.68. The van der Waals surface area contributed by atoms with Gasteiger partial charge in [-0.3, -0.25) is 0 Å². The minimum atomic E-state index is 0. The van der Waals surface area contributed by atoms with Crippen LogP contribution >= 0.6 is 24.8 Å². The molecule has 1 fully saturated rings. The molecule has 3 rings (SSSR count). The van der Waals surface area contributed by atoms with Crippen molar-refractivity contribution in [1.29, 1.82) is 0 Å². The molecule has 1 N–H and O–H groups in total. The van der Waals surface area contributed by atoms with Crippen LogP contribution in [0.25, 0.3) is 11.0 Å². The van der Waals surface area contributed by atoms with Crippen LogP contribution in [0.4, 0.5) is 0 Å². The first-order chi connectivity index (χ1) is 7.86. The lowest BCUT2D eigenvalue weighted by molar-refractivity contribution is 0.446. The van der Waals surface area contributed by atoms with Gasteiger partial charge in [-0.15, -0.1) is 24.8 Å². The van der Waals surface area contributed by atoms with Gasteiger partial charge in [-0.25, -0.2) is 4.98 Å². The monoisotopic (exact) mass is 287 g/mol. The Morgan fingerprint density at radius 1 is 1.28 bits per heavy atom. The molecule has 0 aliphatic carbocycles. The van der Waals surface area contributed by atoms with Crippen molar-refractivity contribution in [2.24, 2.45) is 7.05 Å². The Kier molecular flexibility index (Phi) is 5.45. The average molecular weight is 288 g/mol. The summed E-state index contributed by atoms with van der Waals surface area (Å²) in [6.45, 7) is 2.28. The lowest BCUT2D eigenvalue weighted by Gasteiger charge is -2.23. The van der Waals surface area contributed by atoms with E-state index in [0.717, 1.165) is 18.7 Å². The van der Waals surface area contributed by atoms with Gasteiger partial charge in [0, 0.05) is 30.2 Å². The Labute approximate surface area is 120 Å². The maximum Gasteiger partial charge on any atom is 0.139 e. The predicted octanol–water partition coefficient (Wildman–Crippen LogP) is 2.88. The number of pyridine rings is 1. The topological polar surface area (TPSA) is 29.9 Å². The van der Waals surface area contributed by atoms with E-state index in [9.17, 15) is 0 Å². The van der Waals surface area contributed by atoms with E-state index in [1.165, 1.54) is 23.9 Å². The van der Waals surface area contributed by atoms with Crippen LogP contribution in [0.1, 0.15) is 24.5 Å². The zero-order valence-electron chi connectivity index (χ0n) is 10.4. The van der Waals surface area contributed by atoms with Crippen LogP contribution in [0.5, 0.6) is 0 Å². The lowest BCUT2D eigenvalue weighted by atomic mass is 9.94. The van der Waals surface area contributed by atoms with Crippen LogP contribution in [0.15, 0.2) is 24.4 Å². The molecule has 2 aromatic rings. The summed E-state index contributed by atoms with van der Waals surface area (Å²) in [6.07, 6.45) is 4.35. The number of hydrogen-bond donors (Lipinski definition) is 1. The van der Waals surface area contributed by atoms with Gasteiger partial charge in [0.1, 0.15) is 5.65 Å². The number of piperidine rings is 1. The van der Waals surface area contributed by atoms with Gasteiger partial charge in [0.25, 0.3) is 0 Å². The first kappa shape index (κ1) is 15.3. The highest BCUT2D eigenvalue weighted by molar-refractivity contribution is 5.85. The Balaban J connectivity index is 0.000000810. The number of fused-ring (bicyclic) bond motifs is 1. The summed E-state index contributed by atoms with van der Waals surface area (Å²) in [4.78, 5) is 4.44. The van der Waals surface area contributed by atoms with Crippen LogP contribution in [0, 0.1) is 0 Å². The molecule has 0 bridgehead atoms. The van der Waals surface area contributed by atoms with Gasteiger partial charge in [0.15, 0.2) is 0 Å². The van der Waals surface area contributed by atoms with Crippen molar-refractivity contribution in [2.75, 3.05) is 13.1 Å². The molecular formula is C13H19Cl2N3. The van der Waals surface area contributed by atoms with Crippen molar-refractivity contribution in [1.82, 2.24) is 14.9 Å². The molecule has 0 amide bonds. The second-order valence-electron chi connectivity index (χ2n) is 4.57. The van der Waals surface area contributed by atoms with E-state index in [1.807, 2.05) is 12.3 Å². The summed E-state index contributed by atoms with van der Waals surface area (Å²) in [6, 6.07) is 6.46. The van der Waals surface area contributed by atoms with Crippen molar-refractivity contribution in [2.45, 2.75) is 18.8 Å². The summed E-state index contributed by atoms with van der Waals surface area (Å²) >= 11 is 0. The van der Waals surface area contributed by atoms with Crippen LogP contribution in [0.3, 0.4) is 0 Å². The van der Waals surface area contributed by atoms with Crippen molar-refractivity contribution >= 4 is 35.8 Å². The molecule has 0 aromatic carbocycles. The number of nitrogens with zero attached hydrogens (tertiary/aromatic N) is 2. The molecule has 18 heavy (non-hydrogen) atoms. The molecule has 2 aromatic heterocycles. The van der Waals surface area contributed by atoms with Crippen LogP contribution < -0.4 is 5.32 Å². The quantitative estimate of drug-likeness (QED) is 0.874. The average Bonchev–Trinajstić information content (AvgIpc) is 2.69. The highest BCUT2D eigenvalue weighted by Gasteiger charge is 2.19. The lowest BCUT2D eigenvalue weighted by Crippen LogP contribution is -2.27. The molecule has 1 aliphatic rings. The van der Waals surface area contributed by atoms with Crippen molar-refractivity contribution in [3.05, 3.63) is 30.1 Å². The Hall–Kier alpha value is -0.770. The van der Waals surface area contributed by atoms with E-state index in [2.05, 4.69) is 34.0 Å². The number of nitrogens with one attached hydrogen (secondary N) is 1. The van der Waals surface area contributed by atoms with Gasteiger partial charge in [-0.2, -0.15) is 0 Å². The maximum atomic E-state index is 4.44. The fourth-order valence-corrected chi connectivity index (χ4v) is 2.69. The highest BCUT2D eigenvalue weighted by atomic mass is 35.5. The highest BCUT2D eigenvalue weighted by Crippen LogP contribution is 2.28. The first-order valence-electron chi connectivity index (χ1n) is 5.97. The molecule has 0 saturated carbocycles. The van der Waals surface area contributed by atoms with Gasteiger partial charge in [0.2, 0.25) is 0 Å². The van der Waals surface area contributed by atoms with Gasteiger partial charge >= 0.3 is 0 Å². The van der Waals surface area contributed by atoms with Crippen LogP contribution in [0.2, 0.25) is 0 Å². The SMILES string of the molecule is Cl.Cl.Cn1c(C2CCNCC2)cc2cccnc21. The minimum Gasteiger partial charge on any atom is -0.332 e. The van der Waals surface area contributed by atoms with Gasteiger partial charge < -0.3 is 9.88 Å².